The number of hydrogen-bond acceptors (Lipinski definition) is 4. The lowest BCUT2D eigenvalue weighted by molar-refractivity contribution is 0.348. The molecule has 2 heterocycles. The quantitative estimate of drug-likeness (QED) is 0.607. The van der Waals surface area contributed by atoms with Crippen LogP contribution in [0, 0.1) is 6.92 Å². The van der Waals surface area contributed by atoms with Crippen LogP contribution in [-0.2, 0) is 4.74 Å². The van der Waals surface area contributed by atoms with E-state index in [9.17, 15) is 0 Å². The van der Waals surface area contributed by atoms with Gasteiger partial charge in [0.25, 0.3) is 0 Å². The number of aliphatic imine (C=N–C) groups is 1. The average Bonchev–Trinajstić information content (AvgIpc) is 2.58. The molecule has 1 aliphatic rings. The van der Waals surface area contributed by atoms with Gasteiger partial charge in [-0.1, -0.05) is 0 Å². The molecule has 4 heteroatoms. The van der Waals surface area contributed by atoms with E-state index in [4.69, 9.17) is 4.74 Å². The van der Waals surface area contributed by atoms with Gasteiger partial charge in [0.2, 0.25) is 5.90 Å². The highest BCUT2D eigenvalue weighted by molar-refractivity contribution is 5.94. The summed E-state index contributed by atoms with van der Waals surface area (Å²) in [6.07, 6.45) is 3.46. The largest absolute Gasteiger partial charge is 0.475 e. The summed E-state index contributed by atoms with van der Waals surface area (Å²) in [5.74, 6) is 1.42. The Labute approximate surface area is 70.3 Å². The Hall–Kier alpha value is -1.45. The topological polar surface area (TPSA) is 47.4 Å². The van der Waals surface area contributed by atoms with E-state index in [1.165, 1.54) is 0 Å². The maximum atomic E-state index is 5.25. The number of ether oxygens (including phenoxy) is 1. The Bertz CT molecular complexity index is 305. The predicted molar refractivity (Wildman–Crippen MR) is 44.1 cm³/mol. The Balaban J connectivity index is 2.28. The summed E-state index contributed by atoms with van der Waals surface area (Å²) in [6.45, 7) is 3.26. The van der Waals surface area contributed by atoms with Gasteiger partial charge in [-0.05, 0) is 6.92 Å². The molecule has 4 nitrogen and oxygen atoms in total. The van der Waals surface area contributed by atoms with Gasteiger partial charge in [0.05, 0.1) is 12.1 Å². The van der Waals surface area contributed by atoms with Crippen molar-refractivity contribution in [1.82, 2.24) is 9.97 Å². The van der Waals surface area contributed by atoms with E-state index < -0.39 is 0 Å². The standard InChI is InChI=1S/C8H9N3O/c1-6-10-4-7(5-11-6)8-9-2-3-12-8/h4-5H,2-3H2,1H3. The van der Waals surface area contributed by atoms with Crippen LogP contribution in [-0.4, -0.2) is 29.0 Å². The van der Waals surface area contributed by atoms with Gasteiger partial charge in [0.15, 0.2) is 0 Å². The normalized spacial score (nSPS) is 15.6. The minimum atomic E-state index is 0.662. The van der Waals surface area contributed by atoms with Crippen molar-refractivity contribution in [3.05, 3.63) is 23.8 Å². The maximum Gasteiger partial charge on any atom is 0.219 e. The second-order valence-corrected chi connectivity index (χ2v) is 2.55. The van der Waals surface area contributed by atoms with Crippen LogP contribution in [0.5, 0.6) is 0 Å². The van der Waals surface area contributed by atoms with Gasteiger partial charge >= 0.3 is 0 Å². The van der Waals surface area contributed by atoms with Gasteiger partial charge < -0.3 is 4.74 Å². The Morgan fingerprint density at radius 3 is 2.67 bits per heavy atom. The third kappa shape index (κ3) is 1.28. The van der Waals surface area contributed by atoms with E-state index in [1.807, 2.05) is 6.92 Å². The zero-order valence-corrected chi connectivity index (χ0v) is 6.82. The number of rotatable bonds is 1. The Morgan fingerprint density at radius 1 is 1.33 bits per heavy atom. The van der Waals surface area contributed by atoms with E-state index in [-0.39, 0.29) is 0 Å². The molecular weight excluding hydrogens is 154 g/mol. The first-order valence-electron chi connectivity index (χ1n) is 3.82. The smallest absolute Gasteiger partial charge is 0.219 e. The van der Waals surface area contributed by atoms with Gasteiger partial charge in [0, 0.05) is 12.4 Å². The van der Waals surface area contributed by atoms with Crippen LogP contribution in [0.15, 0.2) is 17.4 Å². The van der Waals surface area contributed by atoms with Crippen molar-refractivity contribution < 1.29 is 4.74 Å². The average molecular weight is 163 g/mol. The zero-order chi connectivity index (χ0) is 8.39. The molecule has 0 bridgehead atoms. The molecule has 0 aliphatic carbocycles. The zero-order valence-electron chi connectivity index (χ0n) is 6.82. The summed E-state index contributed by atoms with van der Waals surface area (Å²) < 4.78 is 5.25. The second kappa shape index (κ2) is 2.89. The van der Waals surface area contributed by atoms with E-state index in [0.29, 0.717) is 12.5 Å². The summed E-state index contributed by atoms with van der Waals surface area (Å²) >= 11 is 0. The molecule has 0 N–H and O–H groups in total. The Morgan fingerprint density at radius 2 is 2.08 bits per heavy atom. The second-order valence-electron chi connectivity index (χ2n) is 2.55. The minimum Gasteiger partial charge on any atom is -0.475 e. The number of nitrogens with zero attached hydrogens (tertiary/aromatic N) is 3. The van der Waals surface area contributed by atoms with Crippen molar-refractivity contribution >= 4 is 5.90 Å². The van der Waals surface area contributed by atoms with Crippen LogP contribution in [0.4, 0.5) is 0 Å². The summed E-state index contributed by atoms with van der Waals surface area (Å²) in [7, 11) is 0. The lowest BCUT2D eigenvalue weighted by Gasteiger charge is -1.99. The molecule has 1 aromatic heterocycles. The highest BCUT2D eigenvalue weighted by atomic mass is 16.5. The van der Waals surface area contributed by atoms with Crippen molar-refractivity contribution in [2.24, 2.45) is 4.99 Å². The highest BCUT2D eigenvalue weighted by Gasteiger charge is 2.09. The van der Waals surface area contributed by atoms with E-state index in [0.717, 1.165) is 17.9 Å². The van der Waals surface area contributed by atoms with Crippen LogP contribution in [0.1, 0.15) is 11.4 Å². The predicted octanol–water partition coefficient (Wildman–Crippen LogP) is 0.562. The van der Waals surface area contributed by atoms with E-state index >= 15 is 0 Å². The first kappa shape index (κ1) is 7.21. The van der Waals surface area contributed by atoms with Crippen molar-refractivity contribution in [3.8, 4) is 0 Å². The molecule has 12 heavy (non-hydrogen) atoms. The van der Waals surface area contributed by atoms with Gasteiger partial charge in [-0.25, -0.2) is 15.0 Å². The molecule has 0 radical (unpaired) electrons. The molecule has 62 valence electrons. The van der Waals surface area contributed by atoms with Crippen LogP contribution in [0.2, 0.25) is 0 Å². The fourth-order valence-corrected chi connectivity index (χ4v) is 1.01. The van der Waals surface area contributed by atoms with Crippen molar-refractivity contribution in [3.63, 3.8) is 0 Å². The molecule has 1 aliphatic heterocycles. The Kier molecular flexibility index (Phi) is 1.74. The molecule has 0 spiro atoms. The van der Waals surface area contributed by atoms with Crippen molar-refractivity contribution in [1.29, 1.82) is 0 Å². The molecule has 1 aromatic rings. The van der Waals surface area contributed by atoms with Crippen molar-refractivity contribution in [2.45, 2.75) is 6.92 Å². The summed E-state index contributed by atoms with van der Waals surface area (Å²) in [6, 6.07) is 0. The number of hydrogen-bond donors (Lipinski definition) is 0. The van der Waals surface area contributed by atoms with Gasteiger partial charge in [-0.15, -0.1) is 0 Å². The van der Waals surface area contributed by atoms with Crippen LogP contribution < -0.4 is 0 Å². The van der Waals surface area contributed by atoms with Gasteiger partial charge in [-0.2, -0.15) is 0 Å². The highest BCUT2D eigenvalue weighted by Crippen LogP contribution is 2.04. The fourth-order valence-electron chi connectivity index (χ4n) is 1.01. The monoisotopic (exact) mass is 163 g/mol. The first-order valence-corrected chi connectivity index (χ1v) is 3.82. The van der Waals surface area contributed by atoms with E-state index in [1.54, 1.807) is 12.4 Å². The van der Waals surface area contributed by atoms with Gasteiger partial charge in [-0.3, -0.25) is 0 Å². The third-order valence-electron chi connectivity index (χ3n) is 1.61. The molecule has 2 rings (SSSR count). The summed E-state index contributed by atoms with van der Waals surface area (Å²) in [5, 5.41) is 0. The lowest BCUT2D eigenvalue weighted by atomic mass is 10.3. The maximum absolute atomic E-state index is 5.25. The fraction of sp³-hybridized carbons (Fsp3) is 0.375. The summed E-state index contributed by atoms with van der Waals surface area (Å²) in [4.78, 5) is 12.3. The van der Waals surface area contributed by atoms with Crippen LogP contribution >= 0.6 is 0 Å². The minimum absolute atomic E-state index is 0.662. The summed E-state index contributed by atoms with van der Waals surface area (Å²) in [5.41, 5.74) is 0.859. The van der Waals surface area contributed by atoms with Gasteiger partial charge in [0.1, 0.15) is 12.4 Å². The van der Waals surface area contributed by atoms with Crippen molar-refractivity contribution in [2.75, 3.05) is 13.2 Å². The van der Waals surface area contributed by atoms with Crippen LogP contribution in [0.25, 0.3) is 0 Å². The molecule has 0 saturated carbocycles. The molecule has 0 amide bonds. The van der Waals surface area contributed by atoms with E-state index in [2.05, 4.69) is 15.0 Å². The first-order chi connectivity index (χ1) is 5.86. The molecule has 0 saturated heterocycles. The number of aromatic nitrogens is 2. The molecule has 0 unspecified atom stereocenters. The third-order valence-corrected chi connectivity index (χ3v) is 1.61. The number of aryl methyl sites for hydroxylation is 1. The SMILES string of the molecule is Cc1ncc(C2=NCCO2)cn1. The molecule has 0 atom stereocenters. The molecular formula is C8H9N3O. The molecule has 0 aromatic carbocycles. The molecule has 0 fully saturated rings. The lowest BCUT2D eigenvalue weighted by Crippen LogP contribution is -2.02. The van der Waals surface area contributed by atoms with Crippen LogP contribution in [0.3, 0.4) is 0 Å².